The zero-order valence-corrected chi connectivity index (χ0v) is 37.7. The molecule has 8 rings (SSSR count). The highest BCUT2D eigenvalue weighted by Gasteiger charge is 2.63. The Kier molecular flexibility index (Phi) is 12.1. The van der Waals surface area contributed by atoms with Crippen molar-refractivity contribution >= 4 is 44.7 Å². The first kappa shape index (κ1) is 44.2. The number of nitrogens with one attached hydrogen (secondary N) is 3. The van der Waals surface area contributed by atoms with Crippen molar-refractivity contribution < 1.29 is 41.8 Å². The number of amides is 4. The van der Waals surface area contributed by atoms with Crippen LogP contribution in [0.3, 0.4) is 0 Å². The number of ether oxygens (including phenoxy) is 3. The normalized spacial score (nSPS) is 30.6. The van der Waals surface area contributed by atoms with Crippen molar-refractivity contribution in [2.45, 2.75) is 152 Å². The maximum Gasteiger partial charge on any atom is 0.408 e. The number of hydrogen-bond donors (Lipinski definition) is 3. The maximum absolute atomic E-state index is 14.9. The number of para-hydroxylation sites is 1. The van der Waals surface area contributed by atoms with E-state index in [0.717, 1.165) is 81.3 Å². The van der Waals surface area contributed by atoms with Crippen molar-refractivity contribution in [1.82, 2.24) is 30.1 Å². The molecule has 1 aromatic carbocycles. The molecule has 7 atom stereocenters. The van der Waals surface area contributed by atoms with Gasteiger partial charge in [0, 0.05) is 30.8 Å². The van der Waals surface area contributed by atoms with Crippen LogP contribution in [0.25, 0.3) is 10.9 Å². The molecule has 4 heterocycles. The molecule has 5 fully saturated rings. The minimum absolute atomic E-state index is 0.0122. The van der Waals surface area contributed by atoms with Gasteiger partial charge in [-0.25, -0.2) is 18.2 Å². The van der Waals surface area contributed by atoms with Gasteiger partial charge in [-0.1, -0.05) is 58.7 Å². The molecule has 2 saturated heterocycles. The zero-order chi connectivity index (χ0) is 44.2. The van der Waals surface area contributed by atoms with E-state index >= 15 is 0 Å². The molecule has 338 valence electrons. The van der Waals surface area contributed by atoms with Crippen molar-refractivity contribution in [2.75, 3.05) is 26.2 Å². The minimum Gasteiger partial charge on any atom is -0.489 e. The van der Waals surface area contributed by atoms with Crippen LogP contribution in [0.5, 0.6) is 11.6 Å². The Bertz CT molecular complexity index is 2200. The Morgan fingerprint density at radius 3 is 2.48 bits per heavy atom. The van der Waals surface area contributed by atoms with Gasteiger partial charge in [-0.05, 0) is 94.7 Å². The van der Waals surface area contributed by atoms with Crippen molar-refractivity contribution in [2.24, 2.45) is 17.3 Å². The van der Waals surface area contributed by atoms with Crippen molar-refractivity contribution in [3.05, 3.63) is 42.5 Å². The second-order valence-corrected chi connectivity index (χ2v) is 22.0. The van der Waals surface area contributed by atoms with Crippen LogP contribution in [0.2, 0.25) is 0 Å². The molecule has 4 amide bonds. The van der Waals surface area contributed by atoms with Crippen LogP contribution >= 0.6 is 0 Å². The van der Waals surface area contributed by atoms with E-state index < -0.39 is 73.6 Å². The lowest BCUT2D eigenvalue weighted by atomic mass is 9.85. The largest absolute Gasteiger partial charge is 0.489 e. The molecule has 16 heteroatoms. The second-order valence-electron chi connectivity index (χ2n) is 19.8. The van der Waals surface area contributed by atoms with E-state index in [-0.39, 0.29) is 37.5 Å². The van der Waals surface area contributed by atoms with Crippen LogP contribution in [-0.4, -0.2) is 114 Å². The lowest BCUT2D eigenvalue weighted by Crippen LogP contribution is -2.60. The standard InChI is InChI=1S/C46H64N6O9S/c1-7-29-26-46(29,42(55)50-62(57,58)45(6)20-21-45)49-39(53)35-25-31-27-52(35)41(54)38(44(3,4)5)48-43(56)61-36-24-28(36)14-10-9-11-16-33-37(59-30-18-22-51(8-2)23-19-30)32-15-12-13-17-34(32)47-40(33)60-31/h7,12-13,15,17,28-31,35-36,38H,1,8-11,14,16,18-27H2,2-6H3,(H,48,56)(H,49,53)(H,50,55)/t28-,29-,31-,35+,36-,38-,46-/m1/s1. The number of nitrogens with zero attached hydrogens (tertiary/aromatic N) is 3. The smallest absolute Gasteiger partial charge is 0.408 e. The fourth-order valence-corrected chi connectivity index (χ4v) is 10.8. The lowest BCUT2D eigenvalue weighted by Gasteiger charge is -2.35. The molecule has 3 N–H and O–H groups in total. The number of carbonyl (C=O) groups is 4. The molecule has 3 aliphatic heterocycles. The van der Waals surface area contributed by atoms with Gasteiger partial charge in [-0.2, -0.15) is 0 Å². The Labute approximate surface area is 365 Å². The summed E-state index contributed by atoms with van der Waals surface area (Å²) < 4.78 is 47.2. The topological polar surface area (TPSA) is 186 Å². The van der Waals surface area contributed by atoms with E-state index in [1.807, 2.05) is 45.0 Å². The van der Waals surface area contributed by atoms with Crippen LogP contribution in [0, 0.1) is 17.3 Å². The number of likely N-dealkylation sites (tertiary alicyclic amines) is 1. The molecule has 6 aliphatic rings. The highest BCUT2D eigenvalue weighted by atomic mass is 32.2. The highest BCUT2D eigenvalue weighted by molar-refractivity contribution is 7.91. The number of rotatable bonds is 9. The first-order chi connectivity index (χ1) is 29.4. The van der Waals surface area contributed by atoms with Crippen LogP contribution < -0.4 is 24.8 Å². The molecular weight excluding hydrogens is 813 g/mol. The summed E-state index contributed by atoms with van der Waals surface area (Å²) in [6.45, 7) is 16.0. The van der Waals surface area contributed by atoms with Gasteiger partial charge < -0.3 is 34.6 Å². The van der Waals surface area contributed by atoms with Gasteiger partial charge in [0.2, 0.25) is 27.7 Å². The summed E-state index contributed by atoms with van der Waals surface area (Å²) in [4.78, 5) is 65.7. The summed E-state index contributed by atoms with van der Waals surface area (Å²) in [7, 11) is -4.01. The molecule has 62 heavy (non-hydrogen) atoms. The average molecular weight is 877 g/mol. The van der Waals surface area contributed by atoms with Gasteiger partial charge >= 0.3 is 6.09 Å². The van der Waals surface area contributed by atoms with Crippen molar-refractivity contribution in [3.8, 4) is 11.6 Å². The van der Waals surface area contributed by atoms with Gasteiger partial charge in [0.05, 0.1) is 22.4 Å². The van der Waals surface area contributed by atoms with Crippen LogP contribution in [-0.2, 0) is 35.6 Å². The summed E-state index contributed by atoms with van der Waals surface area (Å²) in [5, 5.41) is 6.62. The van der Waals surface area contributed by atoms with Crippen LogP contribution in [0.1, 0.15) is 111 Å². The molecule has 1 aromatic heterocycles. The van der Waals surface area contributed by atoms with Crippen molar-refractivity contribution in [3.63, 3.8) is 0 Å². The predicted octanol–water partition coefficient (Wildman–Crippen LogP) is 5.15. The second kappa shape index (κ2) is 16.9. The SMILES string of the molecule is C=C[C@@H]1C[C@]1(NC(=O)[C@@H]1C[C@@H]2CN1C(=O)[C@H](C(C)(C)C)NC(=O)O[C@@H]1C[C@H]1CCCCCc1c(nc3ccccc3c1OC1CCN(CC)CC1)O2)C(=O)NS(=O)(=O)C1(C)CC1. The minimum atomic E-state index is -4.01. The third kappa shape index (κ3) is 9.00. The number of aromatic nitrogens is 1. The number of sulfonamides is 1. The van der Waals surface area contributed by atoms with E-state index in [1.54, 1.807) is 6.92 Å². The Hall–Kier alpha value is -4.44. The Morgan fingerprint density at radius 1 is 1.06 bits per heavy atom. The molecular formula is C46H64N6O9S. The van der Waals surface area contributed by atoms with E-state index in [9.17, 15) is 27.6 Å². The maximum atomic E-state index is 14.9. The number of alkyl carbamates (subject to hydrolysis) is 1. The van der Waals surface area contributed by atoms with E-state index in [2.05, 4.69) is 33.8 Å². The summed E-state index contributed by atoms with van der Waals surface area (Å²) in [5.74, 6) is -1.12. The van der Waals surface area contributed by atoms with Gasteiger partial charge in [0.25, 0.3) is 5.91 Å². The number of hydrogen-bond acceptors (Lipinski definition) is 11. The van der Waals surface area contributed by atoms with Crippen LogP contribution in [0.4, 0.5) is 4.79 Å². The number of benzene rings is 1. The first-order valence-corrected chi connectivity index (χ1v) is 24.2. The predicted molar refractivity (Wildman–Crippen MR) is 233 cm³/mol. The summed E-state index contributed by atoms with van der Waals surface area (Å²) in [5.41, 5.74) is -0.813. The summed E-state index contributed by atoms with van der Waals surface area (Å²) in [6, 6.07) is 5.64. The fourth-order valence-electron chi connectivity index (χ4n) is 9.47. The quantitative estimate of drug-likeness (QED) is 0.283. The molecule has 3 saturated carbocycles. The summed E-state index contributed by atoms with van der Waals surface area (Å²) >= 11 is 0. The van der Waals surface area contributed by atoms with Gasteiger partial charge in [0.15, 0.2) is 0 Å². The van der Waals surface area contributed by atoms with Gasteiger partial charge in [-0.3, -0.25) is 19.1 Å². The lowest BCUT2D eigenvalue weighted by molar-refractivity contribution is -0.142. The van der Waals surface area contributed by atoms with Gasteiger partial charge in [-0.15, -0.1) is 6.58 Å². The third-order valence-electron chi connectivity index (χ3n) is 14.2. The molecule has 2 bridgehead atoms. The van der Waals surface area contributed by atoms with Crippen molar-refractivity contribution in [1.29, 1.82) is 0 Å². The van der Waals surface area contributed by atoms with Crippen LogP contribution in [0.15, 0.2) is 36.9 Å². The Morgan fingerprint density at radius 2 is 1.81 bits per heavy atom. The molecule has 0 spiro atoms. The number of fused-ring (bicyclic) bond motifs is 5. The molecule has 2 aromatic rings. The first-order valence-electron chi connectivity index (χ1n) is 22.7. The molecule has 15 nitrogen and oxygen atoms in total. The van der Waals surface area contributed by atoms with E-state index in [1.165, 1.54) is 11.0 Å². The number of piperidine rings is 1. The zero-order valence-electron chi connectivity index (χ0n) is 36.9. The van der Waals surface area contributed by atoms with E-state index in [0.29, 0.717) is 30.7 Å². The Balaban J connectivity index is 1.14. The number of pyridine rings is 1. The molecule has 0 radical (unpaired) electrons. The molecule has 0 unspecified atom stereocenters. The van der Waals surface area contributed by atoms with E-state index in [4.69, 9.17) is 19.2 Å². The third-order valence-corrected chi connectivity index (χ3v) is 16.3. The molecule has 3 aliphatic carbocycles. The van der Waals surface area contributed by atoms with Gasteiger partial charge in [0.1, 0.15) is 41.7 Å². The summed E-state index contributed by atoms with van der Waals surface area (Å²) in [6.07, 6.45) is 7.79. The monoisotopic (exact) mass is 876 g/mol. The number of carbonyl (C=O) groups excluding carboxylic acids is 4. The fraction of sp³-hybridized carbons (Fsp3) is 0.674. The highest BCUT2D eigenvalue weighted by Crippen LogP contribution is 2.48. The average Bonchev–Trinajstić information content (AvgIpc) is 4.19.